The molecule has 0 radical (unpaired) electrons. The van der Waals surface area contributed by atoms with Crippen LogP contribution in [0.1, 0.15) is 47.1 Å². The molecule has 0 N–H and O–H groups in total. The van der Waals surface area contributed by atoms with Crippen molar-refractivity contribution >= 4 is 0 Å². The van der Waals surface area contributed by atoms with Crippen LogP contribution >= 0.6 is 0 Å². The third kappa shape index (κ3) is 8.00. The second-order valence-electron chi connectivity index (χ2n) is 11.7. The van der Waals surface area contributed by atoms with Crippen molar-refractivity contribution in [1.82, 2.24) is 0 Å². The Hall–Kier alpha value is -4.10. The predicted molar refractivity (Wildman–Crippen MR) is 179 cm³/mol. The van der Waals surface area contributed by atoms with Crippen LogP contribution in [0.5, 0.6) is 0 Å². The van der Waals surface area contributed by atoms with Gasteiger partial charge >= 0.3 is 0 Å². The quantitative estimate of drug-likeness (QED) is 0.110. The highest BCUT2D eigenvalue weighted by Gasteiger charge is 2.64. The molecule has 1 fully saturated rings. The van der Waals surface area contributed by atoms with E-state index in [9.17, 15) is 0 Å². The van der Waals surface area contributed by atoms with Gasteiger partial charge in [0, 0.05) is 6.42 Å². The van der Waals surface area contributed by atoms with E-state index in [0.717, 1.165) is 40.7 Å². The summed E-state index contributed by atoms with van der Waals surface area (Å²) >= 11 is 0. The van der Waals surface area contributed by atoms with Crippen LogP contribution in [-0.4, -0.2) is 17.7 Å². The summed E-state index contributed by atoms with van der Waals surface area (Å²) in [5, 5.41) is 0. The fourth-order valence-corrected chi connectivity index (χ4v) is 6.01. The zero-order valence-electron chi connectivity index (χ0n) is 26.2. The van der Waals surface area contributed by atoms with Gasteiger partial charge in [-0.3, -0.25) is 0 Å². The van der Waals surface area contributed by atoms with Crippen molar-refractivity contribution in [2.45, 2.75) is 70.0 Å². The molecule has 5 aromatic rings. The highest BCUT2D eigenvalue weighted by molar-refractivity contribution is 5.18. The molecule has 1 aliphatic carbocycles. The molecule has 1 saturated carbocycles. The highest BCUT2D eigenvalue weighted by atomic mass is 16.8. The lowest BCUT2D eigenvalue weighted by molar-refractivity contribution is -0.457. The number of benzene rings is 5. The van der Waals surface area contributed by atoms with Gasteiger partial charge in [0.2, 0.25) is 5.79 Å². The number of hydrogen-bond donors (Lipinski definition) is 0. The van der Waals surface area contributed by atoms with Gasteiger partial charge in [0.05, 0.1) is 33.0 Å². The molecule has 0 heterocycles. The molecule has 0 aromatic heterocycles. The Bertz CT molecular complexity index is 1480. The van der Waals surface area contributed by atoms with Gasteiger partial charge in [-0.1, -0.05) is 152 Å². The molecule has 1 unspecified atom stereocenters. The van der Waals surface area contributed by atoms with Crippen LogP contribution in [0.3, 0.4) is 0 Å². The molecule has 5 nitrogen and oxygen atoms in total. The first-order valence-corrected chi connectivity index (χ1v) is 16.1. The van der Waals surface area contributed by atoms with Gasteiger partial charge in [0.15, 0.2) is 0 Å². The van der Waals surface area contributed by atoms with Crippen molar-refractivity contribution < 1.29 is 23.7 Å². The smallest absolute Gasteiger partial charge is 0.251 e. The summed E-state index contributed by atoms with van der Waals surface area (Å²) in [5.41, 5.74) is 5.21. The van der Waals surface area contributed by atoms with Crippen molar-refractivity contribution in [2.75, 3.05) is 0 Å². The minimum absolute atomic E-state index is 0.298. The molecular weight excluding hydrogens is 572 g/mol. The number of rotatable bonds is 15. The largest absolute Gasteiger partial charge is 0.368 e. The van der Waals surface area contributed by atoms with Gasteiger partial charge in [-0.05, 0) is 40.7 Å². The minimum atomic E-state index is -1.41. The van der Waals surface area contributed by atoms with Crippen molar-refractivity contribution in [3.63, 3.8) is 0 Å². The number of hydrogen-bond acceptors (Lipinski definition) is 5. The van der Waals surface area contributed by atoms with Crippen molar-refractivity contribution in [2.24, 2.45) is 0 Å². The molecule has 1 atom stereocenters. The van der Waals surface area contributed by atoms with Gasteiger partial charge in [0.25, 0.3) is 5.79 Å². The average Bonchev–Trinajstić information content (AvgIpc) is 3.13. The molecule has 0 amide bonds. The summed E-state index contributed by atoms with van der Waals surface area (Å²) in [6, 6.07) is 50.9. The Morgan fingerprint density at radius 2 is 0.739 bits per heavy atom. The van der Waals surface area contributed by atoms with Crippen LogP contribution in [0, 0.1) is 0 Å². The van der Waals surface area contributed by atoms with E-state index in [0.29, 0.717) is 39.5 Å². The molecule has 1 aliphatic rings. The maximum absolute atomic E-state index is 7.08. The van der Waals surface area contributed by atoms with Crippen LogP contribution in [-0.2, 0) is 56.7 Å². The molecule has 6 rings (SSSR count). The standard InChI is InChI=1S/C41H42O5/c1-6-17-34(18-7-1)29-42-39-27-16-28-40(43-30-35-19-8-2-9-20-35,44-31-36-21-10-3-11-22-36)41(39,45-32-37-23-12-4-13-24-37)46-33-38-25-14-5-15-26-38/h1-15,17-26,39H,16,27-33H2. The van der Waals surface area contributed by atoms with E-state index in [1.807, 2.05) is 91.0 Å². The van der Waals surface area contributed by atoms with Crippen LogP contribution in [0.2, 0.25) is 0 Å². The first-order chi connectivity index (χ1) is 22.7. The number of ether oxygens (including phenoxy) is 5. The van der Waals surface area contributed by atoms with E-state index in [1.165, 1.54) is 0 Å². The molecule has 5 aromatic carbocycles. The average molecular weight is 615 g/mol. The van der Waals surface area contributed by atoms with E-state index in [1.54, 1.807) is 0 Å². The van der Waals surface area contributed by atoms with Gasteiger partial charge in [-0.25, -0.2) is 0 Å². The minimum Gasteiger partial charge on any atom is -0.368 e. The van der Waals surface area contributed by atoms with Crippen molar-refractivity contribution in [3.8, 4) is 0 Å². The summed E-state index contributed by atoms with van der Waals surface area (Å²) in [4.78, 5) is 0. The SMILES string of the molecule is c1ccc(COC2CCCC(OCc3ccccc3)(OCc3ccccc3)C2(OCc2ccccc2)OCc2ccccc2)cc1. The molecule has 0 saturated heterocycles. The first kappa shape index (κ1) is 31.9. The molecule has 46 heavy (non-hydrogen) atoms. The molecular formula is C41H42O5. The molecule has 0 bridgehead atoms. The highest BCUT2D eigenvalue weighted by Crippen LogP contribution is 2.48. The van der Waals surface area contributed by atoms with Gasteiger partial charge in [-0.15, -0.1) is 0 Å². The van der Waals surface area contributed by atoms with E-state index in [-0.39, 0.29) is 0 Å². The lowest BCUT2D eigenvalue weighted by atomic mass is 9.84. The summed E-state index contributed by atoms with van der Waals surface area (Å²) < 4.78 is 35.0. The van der Waals surface area contributed by atoms with E-state index < -0.39 is 17.7 Å². The molecule has 236 valence electrons. The predicted octanol–water partition coefficient (Wildman–Crippen LogP) is 9.02. The third-order valence-electron chi connectivity index (χ3n) is 8.44. The van der Waals surface area contributed by atoms with E-state index in [2.05, 4.69) is 60.7 Å². The topological polar surface area (TPSA) is 46.2 Å². The van der Waals surface area contributed by atoms with Crippen molar-refractivity contribution in [1.29, 1.82) is 0 Å². The normalized spacial score (nSPS) is 17.0. The Labute approximate surface area is 272 Å². The van der Waals surface area contributed by atoms with Crippen LogP contribution in [0.4, 0.5) is 0 Å². The monoisotopic (exact) mass is 614 g/mol. The lowest BCUT2D eigenvalue weighted by Gasteiger charge is -2.54. The summed E-state index contributed by atoms with van der Waals surface area (Å²) in [7, 11) is 0. The van der Waals surface area contributed by atoms with Crippen LogP contribution in [0.15, 0.2) is 152 Å². The Morgan fingerprint density at radius 1 is 0.413 bits per heavy atom. The second-order valence-corrected chi connectivity index (χ2v) is 11.7. The van der Waals surface area contributed by atoms with Gasteiger partial charge in [-0.2, -0.15) is 0 Å². The van der Waals surface area contributed by atoms with Gasteiger partial charge < -0.3 is 23.7 Å². The van der Waals surface area contributed by atoms with Crippen molar-refractivity contribution in [3.05, 3.63) is 179 Å². The van der Waals surface area contributed by atoms with Gasteiger partial charge in [0.1, 0.15) is 6.10 Å². The zero-order valence-corrected chi connectivity index (χ0v) is 26.2. The first-order valence-electron chi connectivity index (χ1n) is 16.1. The third-order valence-corrected chi connectivity index (χ3v) is 8.44. The molecule has 0 aliphatic heterocycles. The summed E-state index contributed by atoms with van der Waals surface area (Å²) in [5.74, 6) is -2.70. The fourth-order valence-electron chi connectivity index (χ4n) is 6.01. The zero-order chi connectivity index (χ0) is 31.3. The summed E-state index contributed by atoms with van der Waals surface area (Å²) in [6.07, 6.45) is 1.62. The Kier molecular flexibility index (Phi) is 11.0. The van der Waals surface area contributed by atoms with E-state index >= 15 is 0 Å². The molecule has 0 spiro atoms. The summed E-state index contributed by atoms with van der Waals surface area (Å²) in [6.45, 7) is 1.65. The fraction of sp³-hybridized carbons (Fsp3) is 0.268. The van der Waals surface area contributed by atoms with E-state index in [4.69, 9.17) is 23.7 Å². The second kappa shape index (κ2) is 15.9. The Balaban J connectivity index is 1.42. The lowest BCUT2D eigenvalue weighted by Crippen LogP contribution is -2.69. The Morgan fingerprint density at radius 3 is 1.11 bits per heavy atom. The maximum atomic E-state index is 7.08. The molecule has 5 heteroatoms. The van der Waals surface area contributed by atoms with Crippen LogP contribution < -0.4 is 0 Å². The van der Waals surface area contributed by atoms with Crippen LogP contribution in [0.25, 0.3) is 0 Å². The maximum Gasteiger partial charge on any atom is 0.251 e.